The third-order valence-electron chi connectivity index (χ3n) is 3.35. The molecule has 0 saturated carbocycles. The normalized spacial score (nSPS) is 14.7. The summed E-state index contributed by atoms with van der Waals surface area (Å²) in [5, 5.41) is 10.4. The summed E-state index contributed by atoms with van der Waals surface area (Å²) in [6.45, 7) is 2.63. The molecule has 3 rings (SSSR count). The standard InChI is InChI=1S/C15H14ClNO/c16-14-6-5-13(15(18)7-14)10-17-8-11-3-1-2-4-12(11)9-17/h1-7,18H,8-10H2. The van der Waals surface area contributed by atoms with E-state index in [1.807, 2.05) is 12.1 Å². The van der Waals surface area contributed by atoms with Crippen molar-refractivity contribution < 1.29 is 5.11 Å². The zero-order valence-corrected chi connectivity index (χ0v) is 10.7. The summed E-state index contributed by atoms with van der Waals surface area (Å²) < 4.78 is 0. The van der Waals surface area contributed by atoms with Crippen LogP contribution in [-0.2, 0) is 19.6 Å². The molecule has 0 bridgehead atoms. The van der Waals surface area contributed by atoms with Crippen molar-refractivity contribution >= 4 is 11.6 Å². The molecule has 0 fully saturated rings. The van der Waals surface area contributed by atoms with Crippen LogP contribution in [-0.4, -0.2) is 10.0 Å². The van der Waals surface area contributed by atoms with Gasteiger partial charge in [0, 0.05) is 30.2 Å². The molecule has 0 saturated heterocycles. The van der Waals surface area contributed by atoms with Crippen LogP contribution in [0, 0.1) is 0 Å². The third kappa shape index (κ3) is 2.22. The number of nitrogens with zero attached hydrogens (tertiary/aromatic N) is 1. The van der Waals surface area contributed by atoms with Crippen LogP contribution in [0.25, 0.3) is 0 Å². The molecule has 1 heterocycles. The van der Waals surface area contributed by atoms with Crippen molar-refractivity contribution in [3.8, 4) is 5.75 Å². The minimum Gasteiger partial charge on any atom is -0.508 e. The molecule has 3 heteroatoms. The van der Waals surface area contributed by atoms with Gasteiger partial charge >= 0.3 is 0 Å². The predicted octanol–water partition coefficient (Wildman–Crippen LogP) is 3.56. The van der Waals surface area contributed by atoms with Crippen LogP contribution in [0.2, 0.25) is 5.02 Å². The van der Waals surface area contributed by atoms with Crippen molar-refractivity contribution in [3.63, 3.8) is 0 Å². The fourth-order valence-electron chi connectivity index (χ4n) is 2.43. The molecule has 92 valence electrons. The molecule has 1 N–H and O–H groups in total. The van der Waals surface area contributed by atoms with Crippen LogP contribution in [0.15, 0.2) is 42.5 Å². The van der Waals surface area contributed by atoms with Gasteiger partial charge in [0.15, 0.2) is 0 Å². The van der Waals surface area contributed by atoms with Crippen molar-refractivity contribution in [1.29, 1.82) is 0 Å². The maximum atomic E-state index is 9.86. The summed E-state index contributed by atoms with van der Waals surface area (Å²) in [6.07, 6.45) is 0. The monoisotopic (exact) mass is 259 g/mol. The van der Waals surface area contributed by atoms with Gasteiger partial charge in [-0.05, 0) is 23.3 Å². The number of hydrogen-bond donors (Lipinski definition) is 1. The van der Waals surface area contributed by atoms with E-state index in [1.54, 1.807) is 6.07 Å². The van der Waals surface area contributed by atoms with Gasteiger partial charge in [-0.2, -0.15) is 0 Å². The van der Waals surface area contributed by atoms with E-state index in [2.05, 4.69) is 29.2 Å². The van der Waals surface area contributed by atoms with Crippen LogP contribution in [0.4, 0.5) is 0 Å². The first-order valence-corrected chi connectivity index (χ1v) is 6.37. The number of halogens is 1. The van der Waals surface area contributed by atoms with E-state index in [0.29, 0.717) is 5.02 Å². The first-order valence-electron chi connectivity index (χ1n) is 5.99. The number of fused-ring (bicyclic) bond motifs is 1. The number of hydrogen-bond acceptors (Lipinski definition) is 2. The van der Waals surface area contributed by atoms with Gasteiger partial charge in [-0.25, -0.2) is 0 Å². The summed E-state index contributed by atoms with van der Waals surface area (Å²) in [6, 6.07) is 13.8. The van der Waals surface area contributed by atoms with E-state index in [9.17, 15) is 5.11 Å². The Morgan fingerprint density at radius 3 is 2.33 bits per heavy atom. The Kier molecular flexibility index (Phi) is 2.98. The second-order valence-corrected chi connectivity index (χ2v) is 5.12. The van der Waals surface area contributed by atoms with Crippen LogP contribution >= 0.6 is 11.6 Å². The van der Waals surface area contributed by atoms with Crippen molar-refractivity contribution in [2.45, 2.75) is 19.6 Å². The molecule has 1 aliphatic heterocycles. The summed E-state index contributed by atoms with van der Waals surface area (Å²) in [5.74, 6) is 0.276. The van der Waals surface area contributed by atoms with Crippen molar-refractivity contribution in [2.75, 3.05) is 0 Å². The molecule has 18 heavy (non-hydrogen) atoms. The topological polar surface area (TPSA) is 23.5 Å². The second kappa shape index (κ2) is 4.63. The first kappa shape index (κ1) is 11.6. The number of aromatic hydroxyl groups is 1. The number of phenolic OH excluding ortho intramolecular Hbond substituents is 1. The van der Waals surface area contributed by atoms with Gasteiger partial charge in [0.1, 0.15) is 5.75 Å². The molecule has 1 aliphatic rings. The van der Waals surface area contributed by atoms with Gasteiger partial charge in [-0.15, -0.1) is 0 Å². The van der Waals surface area contributed by atoms with Gasteiger partial charge in [-0.3, -0.25) is 4.90 Å². The Morgan fingerprint density at radius 1 is 1.06 bits per heavy atom. The smallest absolute Gasteiger partial charge is 0.121 e. The number of rotatable bonds is 2. The molecule has 2 nitrogen and oxygen atoms in total. The lowest BCUT2D eigenvalue weighted by Crippen LogP contribution is -2.15. The molecule has 0 atom stereocenters. The Bertz CT molecular complexity index is 557. The van der Waals surface area contributed by atoms with E-state index >= 15 is 0 Å². The quantitative estimate of drug-likeness (QED) is 0.891. The van der Waals surface area contributed by atoms with Gasteiger partial charge in [0.05, 0.1) is 0 Å². The van der Waals surface area contributed by atoms with Crippen LogP contribution in [0.3, 0.4) is 0 Å². The highest BCUT2D eigenvalue weighted by Crippen LogP contribution is 2.28. The average molecular weight is 260 g/mol. The van der Waals surface area contributed by atoms with E-state index in [0.717, 1.165) is 25.2 Å². The van der Waals surface area contributed by atoms with E-state index in [-0.39, 0.29) is 5.75 Å². The van der Waals surface area contributed by atoms with Gasteiger partial charge in [0.2, 0.25) is 0 Å². The number of benzene rings is 2. The molecular weight excluding hydrogens is 246 g/mol. The zero-order chi connectivity index (χ0) is 12.5. The fourth-order valence-corrected chi connectivity index (χ4v) is 2.59. The third-order valence-corrected chi connectivity index (χ3v) is 3.58. The lowest BCUT2D eigenvalue weighted by molar-refractivity contribution is 0.271. The highest BCUT2D eigenvalue weighted by atomic mass is 35.5. The van der Waals surface area contributed by atoms with Crippen LogP contribution in [0.1, 0.15) is 16.7 Å². The second-order valence-electron chi connectivity index (χ2n) is 4.69. The zero-order valence-electron chi connectivity index (χ0n) is 9.94. The van der Waals surface area contributed by atoms with Crippen molar-refractivity contribution in [1.82, 2.24) is 4.90 Å². The lowest BCUT2D eigenvalue weighted by Gasteiger charge is -2.15. The van der Waals surface area contributed by atoms with E-state index in [1.165, 1.54) is 11.1 Å². The minimum atomic E-state index is 0.276. The van der Waals surface area contributed by atoms with E-state index < -0.39 is 0 Å². The minimum absolute atomic E-state index is 0.276. The van der Waals surface area contributed by atoms with Gasteiger partial charge in [-0.1, -0.05) is 41.9 Å². The molecule has 0 unspecified atom stereocenters. The predicted molar refractivity (Wildman–Crippen MR) is 72.5 cm³/mol. The SMILES string of the molecule is Oc1cc(Cl)ccc1CN1Cc2ccccc2C1. The number of phenols is 1. The lowest BCUT2D eigenvalue weighted by atomic mass is 10.1. The Hall–Kier alpha value is -1.51. The maximum Gasteiger partial charge on any atom is 0.121 e. The van der Waals surface area contributed by atoms with Crippen molar-refractivity contribution in [2.24, 2.45) is 0 Å². The molecule has 0 amide bonds. The first-order chi connectivity index (χ1) is 8.72. The Balaban J connectivity index is 1.76. The molecule has 0 spiro atoms. The largest absolute Gasteiger partial charge is 0.508 e. The summed E-state index contributed by atoms with van der Waals surface area (Å²) in [7, 11) is 0. The molecular formula is C15H14ClNO. The molecule has 2 aromatic rings. The summed E-state index contributed by atoms with van der Waals surface area (Å²) in [4.78, 5) is 2.31. The molecule has 2 aromatic carbocycles. The van der Waals surface area contributed by atoms with E-state index in [4.69, 9.17) is 11.6 Å². The highest BCUT2D eigenvalue weighted by Gasteiger charge is 2.19. The van der Waals surface area contributed by atoms with Crippen molar-refractivity contribution in [3.05, 3.63) is 64.2 Å². The Labute approximate surface area is 111 Å². The Morgan fingerprint density at radius 2 is 1.72 bits per heavy atom. The summed E-state index contributed by atoms with van der Waals surface area (Å²) >= 11 is 5.83. The average Bonchev–Trinajstić information content (AvgIpc) is 2.75. The highest BCUT2D eigenvalue weighted by molar-refractivity contribution is 6.30. The molecule has 0 aromatic heterocycles. The molecule has 0 aliphatic carbocycles. The van der Waals surface area contributed by atoms with Gasteiger partial charge < -0.3 is 5.11 Å². The van der Waals surface area contributed by atoms with Gasteiger partial charge in [0.25, 0.3) is 0 Å². The molecule has 0 radical (unpaired) electrons. The maximum absolute atomic E-state index is 9.86. The fraction of sp³-hybridized carbons (Fsp3) is 0.200. The van der Waals surface area contributed by atoms with Crippen LogP contribution < -0.4 is 0 Å². The van der Waals surface area contributed by atoms with Crippen LogP contribution in [0.5, 0.6) is 5.75 Å². The summed E-state index contributed by atoms with van der Waals surface area (Å²) in [5.41, 5.74) is 3.68.